The van der Waals surface area contributed by atoms with Crippen LogP contribution in [0.2, 0.25) is 0 Å². The zero-order valence-electron chi connectivity index (χ0n) is 22.2. The van der Waals surface area contributed by atoms with Gasteiger partial charge in [-0.2, -0.15) is 0 Å². The van der Waals surface area contributed by atoms with Crippen molar-refractivity contribution in [2.75, 3.05) is 0 Å². The fourth-order valence-corrected chi connectivity index (χ4v) is 5.80. The predicted molar refractivity (Wildman–Crippen MR) is 152 cm³/mol. The number of hydrogen-bond donors (Lipinski definition) is 0. The molecule has 2 heterocycles. The highest BCUT2D eigenvalue weighted by atomic mass is 16.2. The number of aryl methyl sites for hydroxylation is 2. The van der Waals surface area contributed by atoms with Crippen LogP contribution in [-0.4, -0.2) is 26.7 Å². The molecule has 0 N–H and O–H groups in total. The maximum Gasteiger partial charge on any atom is 0.261 e. The van der Waals surface area contributed by atoms with Crippen molar-refractivity contribution in [2.24, 2.45) is 0 Å². The summed E-state index contributed by atoms with van der Waals surface area (Å²) in [6.45, 7) is 0.258. The molecule has 0 bridgehead atoms. The Kier molecular flexibility index (Phi) is 7.31. The van der Waals surface area contributed by atoms with E-state index in [9.17, 15) is 9.59 Å². The minimum Gasteiger partial charge on any atom is -0.270 e. The van der Waals surface area contributed by atoms with Gasteiger partial charge < -0.3 is 0 Å². The third-order valence-corrected chi connectivity index (χ3v) is 7.98. The van der Waals surface area contributed by atoms with Crippen molar-refractivity contribution in [1.82, 2.24) is 14.9 Å². The summed E-state index contributed by atoms with van der Waals surface area (Å²) in [6.07, 6.45) is 9.10. The second-order valence-electron chi connectivity index (χ2n) is 10.7. The van der Waals surface area contributed by atoms with E-state index in [0.29, 0.717) is 17.0 Å². The Bertz CT molecular complexity index is 1440. The molecule has 0 saturated heterocycles. The second-order valence-corrected chi connectivity index (χ2v) is 10.7. The summed E-state index contributed by atoms with van der Waals surface area (Å²) < 4.78 is 0. The van der Waals surface area contributed by atoms with E-state index in [1.165, 1.54) is 29.7 Å². The highest BCUT2D eigenvalue weighted by Gasteiger charge is 2.34. The van der Waals surface area contributed by atoms with Gasteiger partial charge in [-0.15, -0.1) is 0 Å². The molecular weight excluding hydrogens is 482 g/mol. The summed E-state index contributed by atoms with van der Waals surface area (Å²) in [4.78, 5) is 37.0. The maximum atomic E-state index is 12.8. The molecule has 1 aromatic heterocycles. The number of aromatic nitrogens is 2. The van der Waals surface area contributed by atoms with Gasteiger partial charge in [0.05, 0.1) is 23.4 Å². The van der Waals surface area contributed by atoms with E-state index in [0.717, 1.165) is 60.4 Å². The van der Waals surface area contributed by atoms with E-state index < -0.39 is 0 Å². The summed E-state index contributed by atoms with van der Waals surface area (Å²) in [5.41, 5.74) is 6.32. The number of carbonyl (C=O) groups excluding carboxylic acids is 2. The SMILES string of the molecule is O=C1c2ccccc2C(=O)N1Cc1ccc(-c2cc(CCCc3ccccc3)nc(C3CCCCC3)n2)cc1. The lowest BCUT2D eigenvalue weighted by Gasteiger charge is -2.21. The van der Waals surface area contributed by atoms with Gasteiger partial charge in [0.25, 0.3) is 11.8 Å². The van der Waals surface area contributed by atoms with Crippen LogP contribution in [0.4, 0.5) is 0 Å². The van der Waals surface area contributed by atoms with Gasteiger partial charge in [-0.1, -0.05) is 86.0 Å². The molecule has 39 heavy (non-hydrogen) atoms. The van der Waals surface area contributed by atoms with Crippen molar-refractivity contribution in [3.63, 3.8) is 0 Å². The molecule has 1 aliphatic carbocycles. The van der Waals surface area contributed by atoms with Crippen LogP contribution in [-0.2, 0) is 19.4 Å². The number of rotatable bonds is 8. The molecule has 2 aliphatic rings. The third-order valence-electron chi connectivity index (χ3n) is 7.98. The number of nitrogens with zero attached hydrogens (tertiary/aromatic N) is 3. The summed E-state index contributed by atoms with van der Waals surface area (Å²) in [6, 6.07) is 27.9. The Morgan fingerprint density at radius 3 is 2.05 bits per heavy atom. The fraction of sp³-hybridized carbons (Fsp3) is 0.294. The zero-order chi connectivity index (χ0) is 26.6. The third kappa shape index (κ3) is 5.53. The molecule has 0 atom stereocenters. The lowest BCUT2D eigenvalue weighted by molar-refractivity contribution is 0.0642. The molecule has 4 aromatic rings. The number of fused-ring (bicyclic) bond motifs is 1. The maximum absolute atomic E-state index is 12.8. The van der Waals surface area contributed by atoms with Crippen molar-refractivity contribution in [1.29, 1.82) is 0 Å². The lowest BCUT2D eigenvalue weighted by atomic mass is 9.88. The van der Waals surface area contributed by atoms with Crippen LogP contribution in [0, 0.1) is 0 Å². The van der Waals surface area contributed by atoms with E-state index in [2.05, 4.69) is 36.4 Å². The van der Waals surface area contributed by atoms with Gasteiger partial charge in [0.1, 0.15) is 5.82 Å². The summed E-state index contributed by atoms with van der Waals surface area (Å²) in [7, 11) is 0. The van der Waals surface area contributed by atoms with Gasteiger partial charge in [0.15, 0.2) is 0 Å². The second kappa shape index (κ2) is 11.3. The van der Waals surface area contributed by atoms with E-state index in [1.54, 1.807) is 24.3 Å². The Balaban J connectivity index is 1.21. The molecule has 5 heteroatoms. The molecule has 3 aromatic carbocycles. The highest BCUT2D eigenvalue weighted by molar-refractivity contribution is 6.21. The van der Waals surface area contributed by atoms with Crippen molar-refractivity contribution < 1.29 is 9.59 Å². The van der Waals surface area contributed by atoms with Gasteiger partial charge in [-0.3, -0.25) is 14.5 Å². The van der Waals surface area contributed by atoms with Gasteiger partial charge in [-0.05, 0) is 61.4 Å². The van der Waals surface area contributed by atoms with Crippen LogP contribution in [0.5, 0.6) is 0 Å². The summed E-state index contributed by atoms with van der Waals surface area (Å²) in [5.74, 6) is 0.956. The van der Waals surface area contributed by atoms with Gasteiger partial charge in [-0.25, -0.2) is 9.97 Å². The molecule has 0 unspecified atom stereocenters. The van der Waals surface area contributed by atoms with Crippen LogP contribution in [0.1, 0.15) is 87.8 Å². The van der Waals surface area contributed by atoms with Gasteiger partial charge in [0, 0.05) is 17.2 Å². The predicted octanol–water partition coefficient (Wildman–Crippen LogP) is 7.16. The minimum atomic E-state index is -0.229. The first-order valence-corrected chi connectivity index (χ1v) is 14.1. The van der Waals surface area contributed by atoms with E-state index in [-0.39, 0.29) is 18.4 Å². The fourth-order valence-electron chi connectivity index (χ4n) is 5.80. The molecule has 5 nitrogen and oxygen atoms in total. The average molecular weight is 516 g/mol. The standard InChI is InChI=1S/C34H33N3O2/c38-33-29-16-7-8-17-30(29)34(39)37(33)23-25-18-20-26(21-19-25)31-22-28(15-9-12-24-10-3-1-4-11-24)35-32(36-31)27-13-5-2-6-14-27/h1,3-4,7-8,10-11,16-22,27H,2,5-6,9,12-15,23H2. The largest absolute Gasteiger partial charge is 0.270 e. The van der Waals surface area contributed by atoms with Crippen LogP contribution < -0.4 is 0 Å². The van der Waals surface area contributed by atoms with Crippen LogP contribution in [0.3, 0.4) is 0 Å². The van der Waals surface area contributed by atoms with Gasteiger partial charge >= 0.3 is 0 Å². The van der Waals surface area contributed by atoms with Crippen LogP contribution in [0.15, 0.2) is 84.9 Å². The number of hydrogen-bond acceptors (Lipinski definition) is 4. The molecule has 1 saturated carbocycles. The first-order valence-electron chi connectivity index (χ1n) is 14.1. The normalized spacial score (nSPS) is 15.5. The Labute approximate surface area is 229 Å². The lowest BCUT2D eigenvalue weighted by Crippen LogP contribution is -2.29. The molecular formula is C34H33N3O2. The highest BCUT2D eigenvalue weighted by Crippen LogP contribution is 2.32. The number of carbonyl (C=O) groups is 2. The van der Waals surface area contributed by atoms with E-state index in [1.807, 2.05) is 24.3 Å². The van der Waals surface area contributed by atoms with Crippen LogP contribution >= 0.6 is 0 Å². The monoisotopic (exact) mass is 515 g/mol. The van der Waals surface area contributed by atoms with Crippen molar-refractivity contribution in [2.45, 2.75) is 63.8 Å². The Morgan fingerprint density at radius 2 is 1.36 bits per heavy atom. The van der Waals surface area contributed by atoms with Gasteiger partial charge in [0.2, 0.25) is 0 Å². The molecule has 2 amide bonds. The Morgan fingerprint density at radius 1 is 0.692 bits per heavy atom. The molecule has 1 aliphatic heterocycles. The minimum absolute atomic E-state index is 0.229. The average Bonchev–Trinajstić information content (AvgIpc) is 3.23. The Hall–Kier alpha value is -4.12. The summed E-state index contributed by atoms with van der Waals surface area (Å²) in [5, 5.41) is 0. The van der Waals surface area contributed by atoms with E-state index in [4.69, 9.17) is 9.97 Å². The molecule has 1 fully saturated rings. The summed E-state index contributed by atoms with van der Waals surface area (Å²) >= 11 is 0. The number of benzene rings is 3. The number of imide groups is 1. The molecule has 0 radical (unpaired) electrons. The topological polar surface area (TPSA) is 63.2 Å². The van der Waals surface area contributed by atoms with E-state index >= 15 is 0 Å². The van der Waals surface area contributed by atoms with Crippen molar-refractivity contribution >= 4 is 11.8 Å². The molecule has 196 valence electrons. The van der Waals surface area contributed by atoms with Crippen molar-refractivity contribution in [3.8, 4) is 11.3 Å². The zero-order valence-corrected chi connectivity index (χ0v) is 22.2. The first kappa shape index (κ1) is 25.2. The number of amides is 2. The van der Waals surface area contributed by atoms with Crippen molar-refractivity contribution in [3.05, 3.63) is 119 Å². The smallest absolute Gasteiger partial charge is 0.261 e. The molecule has 6 rings (SSSR count). The molecule has 0 spiro atoms. The quantitative estimate of drug-likeness (QED) is 0.234. The first-order chi connectivity index (χ1) is 19.2. The van der Waals surface area contributed by atoms with Crippen LogP contribution in [0.25, 0.3) is 11.3 Å².